The van der Waals surface area contributed by atoms with E-state index in [0.717, 1.165) is 22.2 Å². The van der Waals surface area contributed by atoms with Crippen LogP contribution < -0.4 is 4.74 Å². The smallest absolute Gasteiger partial charge is 0.410 e. The molecule has 1 heterocycles. The van der Waals surface area contributed by atoms with Gasteiger partial charge >= 0.3 is 6.09 Å². The number of hydrogen-bond donors (Lipinski definition) is 0. The molecule has 5 heteroatoms. The second-order valence-electron chi connectivity index (χ2n) is 7.60. The second kappa shape index (κ2) is 8.15. The molecule has 4 nitrogen and oxygen atoms in total. The zero-order valence-electron chi connectivity index (χ0n) is 16.5. The monoisotopic (exact) mass is 463 g/mol. The summed E-state index contributed by atoms with van der Waals surface area (Å²) in [5.74, 6) is 0.913. The number of carbonyl (C=O) groups excluding carboxylic acids is 1. The minimum atomic E-state index is -0.294. The topological polar surface area (TPSA) is 38.8 Å². The lowest BCUT2D eigenvalue weighted by atomic mass is 9.98. The Kier molecular flexibility index (Phi) is 5.21. The van der Waals surface area contributed by atoms with Gasteiger partial charge in [0.25, 0.3) is 0 Å². The summed E-state index contributed by atoms with van der Waals surface area (Å²) in [4.78, 5) is 14.7. The van der Waals surface area contributed by atoms with Crippen molar-refractivity contribution in [3.63, 3.8) is 0 Å². The van der Waals surface area contributed by atoms with Gasteiger partial charge in [-0.2, -0.15) is 0 Å². The lowest BCUT2D eigenvalue weighted by molar-refractivity contribution is 0.0947. The molecule has 3 aromatic rings. The first-order valence-electron chi connectivity index (χ1n) is 10.2. The van der Waals surface area contributed by atoms with E-state index in [2.05, 4.69) is 58.4 Å². The van der Waals surface area contributed by atoms with E-state index in [1.54, 1.807) is 4.90 Å². The molecular weight excluding hydrogens is 442 g/mol. The first-order valence-corrected chi connectivity index (χ1v) is 11.3. The number of carbonyl (C=O) groups is 1. The van der Waals surface area contributed by atoms with Crippen LogP contribution in [-0.4, -0.2) is 30.8 Å². The highest BCUT2D eigenvalue weighted by Crippen LogP contribution is 2.44. The molecule has 0 spiro atoms. The van der Waals surface area contributed by atoms with Gasteiger partial charge in [-0.1, -0.05) is 76.6 Å². The number of rotatable bonds is 3. The maximum Gasteiger partial charge on any atom is 0.410 e. The van der Waals surface area contributed by atoms with Crippen molar-refractivity contribution in [3.8, 4) is 16.9 Å². The Hall–Kier alpha value is -2.79. The molecule has 0 aromatic heterocycles. The number of amides is 1. The first kappa shape index (κ1) is 19.2. The second-order valence-corrected chi connectivity index (χ2v) is 8.16. The molecule has 0 saturated carbocycles. The highest BCUT2D eigenvalue weighted by atomic mass is 79.9. The Morgan fingerprint density at radius 3 is 2.40 bits per heavy atom. The number of alkyl halides is 1. The van der Waals surface area contributed by atoms with Crippen LogP contribution >= 0.6 is 15.9 Å². The van der Waals surface area contributed by atoms with Crippen LogP contribution in [0.2, 0.25) is 0 Å². The molecule has 1 amide bonds. The zero-order valence-corrected chi connectivity index (χ0v) is 18.1. The van der Waals surface area contributed by atoms with Gasteiger partial charge in [0, 0.05) is 16.8 Å². The van der Waals surface area contributed by atoms with E-state index in [4.69, 9.17) is 9.47 Å². The van der Waals surface area contributed by atoms with Crippen LogP contribution in [-0.2, 0) is 16.6 Å². The van der Waals surface area contributed by atoms with Gasteiger partial charge in [0.15, 0.2) is 0 Å². The molecule has 1 aliphatic heterocycles. The molecule has 0 N–H and O–H groups in total. The number of nitrogens with zero attached hydrogens (tertiary/aromatic N) is 1. The summed E-state index contributed by atoms with van der Waals surface area (Å²) in [5.41, 5.74) is 7.07. The van der Waals surface area contributed by atoms with E-state index in [-0.39, 0.29) is 12.0 Å². The largest absolute Gasteiger partial charge is 0.491 e. The van der Waals surface area contributed by atoms with Crippen molar-refractivity contribution in [1.29, 1.82) is 0 Å². The fourth-order valence-corrected chi connectivity index (χ4v) is 4.95. The van der Waals surface area contributed by atoms with Gasteiger partial charge in [-0.3, -0.25) is 0 Å². The van der Waals surface area contributed by atoms with Crippen LogP contribution in [0.1, 0.15) is 28.2 Å². The average molecular weight is 464 g/mol. The number of hydrogen-bond acceptors (Lipinski definition) is 3. The van der Waals surface area contributed by atoms with Crippen molar-refractivity contribution >= 4 is 22.0 Å². The fourth-order valence-electron chi connectivity index (χ4n) is 4.43. The summed E-state index contributed by atoms with van der Waals surface area (Å²) in [6, 6.07) is 22.7. The normalized spacial score (nSPS) is 14.9. The number of ether oxygens (including phenoxy) is 2. The molecule has 0 unspecified atom stereocenters. The summed E-state index contributed by atoms with van der Waals surface area (Å²) in [5, 5.41) is 0.720. The highest BCUT2D eigenvalue weighted by molar-refractivity contribution is 9.08. The predicted octanol–water partition coefficient (Wildman–Crippen LogP) is 5.73. The number of halogens is 1. The Bertz CT molecular complexity index is 1050. The van der Waals surface area contributed by atoms with Gasteiger partial charge in [-0.15, -0.1) is 0 Å². The van der Waals surface area contributed by atoms with Crippen molar-refractivity contribution in [1.82, 2.24) is 4.90 Å². The average Bonchev–Trinajstić information content (AvgIpc) is 2.94. The predicted molar refractivity (Wildman–Crippen MR) is 120 cm³/mol. The Morgan fingerprint density at radius 2 is 1.70 bits per heavy atom. The molecule has 3 aromatic carbocycles. The van der Waals surface area contributed by atoms with Crippen molar-refractivity contribution in [2.75, 3.05) is 19.8 Å². The van der Waals surface area contributed by atoms with Gasteiger partial charge in [-0.25, -0.2) is 4.79 Å². The lowest BCUT2D eigenvalue weighted by Crippen LogP contribution is -2.34. The van der Waals surface area contributed by atoms with Crippen LogP contribution in [0.5, 0.6) is 5.75 Å². The molecule has 0 bridgehead atoms. The molecule has 5 rings (SSSR count). The summed E-state index contributed by atoms with van der Waals surface area (Å²) >= 11 is 3.53. The molecule has 0 atom stereocenters. The van der Waals surface area contributed by atoms with Crippen molar-refractivity contribution in [2.24, 2.45) is 0 Å². The third-order valence-electron chi connectivity index (χ3n) is 5.94. The summed E-state index contributed by atoms with van der Waals surface area (Å²) in [7, 11) is 0. The van der Waals surface area contributed by atoms with Crippen molar-refractivity contribution in [2.45, 2.75) is 17.8 Å². The summed E-state index contributed by atoms with van der Waals surface area (Å²) < 4.78 is 11.7. The van der Waals surface area contributed by atoms with Crippen molar-refractivity contribution in [3.05, 3.63) is 89.0 Å². The molecule has 0 radical (unpaired) electrons. The van der Waals surface area contributed by atoms with Crippen LogP contribution in [0, 0.1) is 0 Å². The number of benzene rings is 3. The fraction of sp³-hybridized carbons (Fsp3) is 0.240. The first-order chi connectivity index (χ1) is 14.8. The molecule has 30 heavy (non-hydrogen) atoms. The van der Waals surface area contributed by atoms with Crippen LogP contribution in [0.15, 0.2) is 66.7 Å². The maximum absolute atomic E-state index is 13.0. The maximum atomic E-state index is 13.0. The Labute approximate surface area is 184 Å². The quantitative estimate of drug-likeness (QED) is 0.465. The summed E-state index contributed by atoms with van der Waals surface area (Å²) in [6.07, 6.45) is -0.294. The van der Waals surface area contributed by atoms with Gasteiger partial charge in [0.05, 0.1) is 13.1 Å². The van der Waals surface area contributed by atoms with E-state index in [9.17, 15) is 4.79 Å². The van der Waals surface area contributed by atoms with E-state index in [1.165, 1.54) is 22.3 Å². The Balaban J connectivity index is 1.34. The van der Waals surface area contributed by atoms with Crippen molar-refractivity contribution < 1.29 is 14.3 Å². The molecular formula is C25H22BrNO3. The minimum Gasteiger partial charge on any atom is -0.491 e. The third-order valence-corrected chi connectivity index (χ3v) is 6.54. The number of fused-ring (bicyclic) bond motifs is 4. The van der Waals surface area contributed by atoms with Gasteiger partial charge in [-0.05, 0) is 33.9 Å². The van der Waals surface area contributed by atoms with Crippen LogP contribution in [0.4, 0.5) is 4.79 Å². The molecule has 1 aliphatic carbocycles. The molecule has 0 saturated heterocycles. The van der Waals surface area contributed by atoms with Gasteiger partial charge in [0.2, 0.25) is 0 Å². The van der Waals surface area contributed by atoms with Crippen LogP contribution in [0.25, 0.3) is 11.1 Å². The van der Waals surface area contributed by atoms with Gasteiger partial charge < -0.3 is 14.4 Å². The summed E-state index contributed by atoms with van der Waals surface area (Å²) in [6.45, 7) is 1.79. The highest BCUT2D eigenvalue weighted by Gasteiger charge is 2.30. The zero-order chi connectivity index (χ0) is 20.5. The Morgan fingerprint density at radius 1 is 1.00 bits per heavy atom. The van der Waals surface area contributed by atoms with E-state index in [0.29, 0.717) is 26.3 Å². The lowest BCUT2D eigenvalue weighted by Gasteiger charge is -2.22. The SMILES string of the molecule is O=C(OCC1c2ccccc2-c2ccccc21)N1CCOc2cccc(CBr)c2C1. The van der Waals surface area contributed by atoms with E-state index >= 15 is 0 Å². The van der Waals surface area contributed by atoms with E-state index in [1.807, 2.05) is 24.3 Å². The minimum absolute atomic E-state index is 0.0648. The van der Waals surface area contributed by atoms with Gasteiger partial charge in [0.1, 0.15) is 19.0 Å². The third kappa shape index (κ3) is 3.37. The molecule has 2 aliphatic rings. The molecule has 0 fully saturated rings. The van der Waals surface area contributed by atoms with Crippen LogP contribution in [0.3, 0.4) is 0 Å². The van der Waals surface area contributed by atoms with E-state index < -0.39 is 0 Å². The standard InChI is InChI=1S/C25H22BrNO3/c26-14-17-6-5-11-24-22(17)15-27(12-13-29-24)25(28)30-16-23-20-9-3-1-7-18(20)19-8-2-4-10-21(19)23/h1-11,23H,12-16H2. The molecule has 152 valence electrons.